The van der Waals surface area contributed by atoms with E-state index >= 15 is 0 Å². The fourth-order valence-corrected chi connectivity index (χ4v) is 2.88. The number of rotatable bonds is 9. The van der Waals surface area contributed by atoms with Gasteiger partial charge in [-0.15, -0.1) is 0 Å². The average molecular weight is 294 g/mol. The summed E-state index contributed by atoms with van der Waals surface area (Å²) in [7, 11) is -3.62. The van der Waals surface area contributed by atoms with Gasteiger partial charge in [0.1, 0.15) is 0 Å². The normalized spacial score (nSPS) is 14.7. The van der Waals surface area contributed by atoms with Crippen LogP contribution in [0.5, 0.6) is 0 Å². The maximum atomic E-state index is 11.9. The molecule has 0 heterocycles. The van der Waals surface area contributed by atoms with Crippen LogP contribution in [0.15, 0.2) is 11.0 Å². The van der Waals surface area contributed by atoms with Crippen LogP contribution < -0.4 is 0 Å². The van der Waals surface area contributed by atoms with Gasteiger partial charge in [0.15, 0.2) is 16.1 Å². The number of hydrogen-bond acceptors (Lipinski definition) is 5. The van der Waals surface area contributed by atoms with Crippen molar-refractivity contribution in [1.29, 1.82) is 0 Å². The number of carboxylic acids is 1. The highest BCUT2D eigenvalue weighted by Crippen LogP contribution is 2.24. The Balaban J connectivity index is 5.43. The lowest BCUT2D eigenvalue weighted by Crippen LogP contribution is -2.30. The van der Waals surface area contributed by atoms with Gasteiger partial charge in [0, 0.05) is 25.2 Å². The van der Waals surface area contributed by atoms with Crippen molar-refractivity contribution in [2.24, 2.45) is 5.92 Å². The van der Waals surface area contributed by atoms with Crippen molar-refractivity contribution in [3.8, 4) is 0 Å². The van der Waals surface area contributed by atoms with Crippen molar-refractivity contribution < 1.29 is 27.8 Å². The van der Waals surface area contributed by atoms with E-state index in [1.807, 2.05) is 0 Å². The fraction of sp³-hybridized carbons (Fsp3) is 0.750. The molecule has 0 aliphatic heterocycles. The first kappa shape index (κ1) is 18.1. The molecule has 7 heteroatoms. The summed E-state index contributed by atoms with van der Waals surface area (Å²) in [5.41, 5.74) is 0. The molecule has 1 unspecified atom stereocenters. The molecule has 0 spiro atoms. The molecule has 0 aliphatic carbocycles. The molecule has 19 heavy (non-hydrogen) atoms. The Morgan fingerprint density at radius 1 is 1.21 bits per heavy atom. The Morgan fingerprint density at radius 2 is 1.68 bits per heavy atom. The van der Waals surface area contributed by atoms with E-state index < -0.39 is 28.0 Å². The SMILES string of the molecule is CCOC(OCC)C(C)C(=CC(=O)O)S(=O)(=O)CC. The molecule has 6 nitrogen and oxygen atoms in total. The number of carbonyl (C=O) groups is 1. The summed E-state index contributed by atoms with van der Waals surface area (Å²) >= 11 is 0. The minimum absolute atomic E-state index is 0.165. The Hall–Kier alpha value is -0.920. The van der Waals surface area contributed by atoms with Crippen LogP contribution >= 0.6 is 0 Å². The van der Waals surface area contributed by atoms with Crippen LogP contribution in [-0.4, -0.2) is 44.8 Å². The van der Waals surface area contributed by atoms with E-state index in [0.29, 0.717) is 19.3 Å². The minimum atomic E-state index is -3.62. The minimum Gasteiger partial charge on any atom is -0.478 e. The van der Waals surface area contributed by atoms with Crippen LogP contribution in [0.25, 0.3) is 0 Å². The highest BCUT2D eigenvalue weighted by molar-refractivity contribution is 7.95. The topological polar surface area (TPSA) is 89.9 Å². The molecule has 0 aromatic rings. The molecule has 0 radical (unpaired) electrons. The summed E-state index contributed by atoms with van der Waals surface area (Å²) in [6.45, 7) is 7.26. The number of sulfone groups is 1. The zero-order chi connectivity index (χ0) is 15.1. The van der Waals surface area contributed by atoms with E-state index in [1.54, 1.807) is 20.8 Å². The van der Waals surface area contributed by atoms with Crippen molar-refractivity contribution in [2.45, 2.75) is 34.0 Å². The van der Waals surface area contributed by atoms with Gasteiger partial charge in [-0.25, -0.2) is 13.2 Å². The Kier molecular flexibility index (Phi) is 7.89. The fourth-order valence-electron chi connectivity index (χ4n) is 1.59. The Labute approximate surface area is 114 Å². The molecule has 0 saturated heterocycles. The van der Waals surface area contributed by atoms with Crippen molar-refractivity contribution in [2.75, 3.05) is 19.0 Å². The van der Waals surface area contributed by atoms with Gasteiger partial charge >= 0.3 is 5.97 Å². The number of ether oxygens (including phenoxy) is 2. The third-order valence-corrected chi connectivity index (χ3v) is 4.49. The summed E-state index contributed by atoms with van der Waals surface area (Å²) in [6, 6.07) is 0. The van der Waals surface area contributed by atoms with Crippen LogP contribution in [0.1, 0.15) is 27.7 Å². The van der Waals surface area contributed by atoms with Gasteiger partial charge in [0.25, 0.3) is 0 Å². The molecule has 0 aromatic carbocycles. The van der Waals surface area contributed by atoms with E-state index in [2.05, 4.69) is 0 Å². The quantitative estimate of drug-likeness (QED) is 0.511. The van der Waals surface area contributed by atoms with Gasteiger partial charge < -0.3 is 14.6 Å². The lowest BCUT2D eigenvalue weighted by atomic mass is 10.1. The average Bonchev–Trinajstić information content (AvgIpc) is 2.34. The smallest absolute Gasteiger partial charge is 0.329 e. The zero-order valence-electron chi connectivity index (χ0n) is 11.8. The maximum absolute atomic E-state index is 11.9. The molecule has 112 valence electrons. The van der Waals surface area contributed by atoms with Gasteiger partial charge in [0.2, 0.25) is 0 Å². The van der Waals surface area contributed by atoms with E-state index in [0.717, 1.165) is 0 Å². The molecule has 0 amide bonds. The van der Waals surface area contributed by atoms with E-state index in [-0.39, 0.29) is 10.7 Å². The summed E-state index contributed by atoms with van der Waals surface area (Å²) in [4.78, 5) is 10.6. The van der Waals surface area contributed by atoms with Gasteiger partial charge in [-0.05, 0) is 13.8 Å². The maximum Gasteiger partial charge on any atom is 0.329 e. The first-order chi connectivity index (χ1) is 8.80. The summed E-state index contributed by atoms with van der Waals surface area (Å²) in [5.74, 6) is -2.15. The molecule has 0 bridgehead atoms. The predicted molar refractivity (Wildman–Crippen MR) is 71.4 cm³/mol. The first-order valence-electron chi connectivity index (χ1n) is 6.20. The van der Waals surface area contributed by atoms with E-state index in [1.165, 1.54) is 6.92 Å². The zero-order valence-corrected chi connectivity index (χ0v) is 12.6. The Bertz CT molecular complexity index is 406. The summed E-state index contributed by atoms with van der Waals surface area (Å²) < 4.78 is 34.5. The second-order valence-electron chi connectivity index (χ2n) is 3.86. The molecule has 0 rings (SSSR count). The highest BCUT2D eigenvalue weighted by atomic mass is 32.2. The monoisotopic (exact) mass is 294 g/mol. The van der Waals surface area contributed by atoms with Crippen LogP contribution in [0, 0.1) is 5.92 Å². The van der Waals surface area contributed by atoms with E-state index in [9.17, 15) is 13.2 Å². The lowest BCUT2D eigenvalue weighted by Gasteiger charge is -2.25. The highest BCUT2D eigenvalue weighted by Gasteiger charge is 2.30. The van der Waals surface area contributed by atoms with Gasteiger partial charge in [-0.1, -0.05) is 13.8 Å². The third-order valence-electron chi connectivity index (χ3n) is 2.52. The molecule has 0 saturated carbocycles. The predicted octanol–water partition coefficient (Wildman–Crippen LogP) is 1.42. The molecule has 1 atom stereocenters. The molecule has 1 N–H and O–H groups in total. The molecular weight excluding hydrogens is 272 g/mol. The number of hydrogen-bond donors (Lipinski definition) is 1. The molecule has 0 aromatic heterocycles. The second kappa shape index (κ2) is 8.29. The van der Waals surface area contributed by atoms with Gasteiger partial charge in [0.05, 0.1) is 10.7 Å². The first-order valence-corrected chi connectivity index (χ1v) is 7.85. The Morgan fingerprint density at radius 3 is 2.00 bits per heavy atom. The van der Waals surface area contributed by atoms with Crippen molar-refractivity contribution in [1.82, 2.24) is 0 Å². The summed E-state index contributed by atoms with van der Waals surface area (Å²) in [5, 5.41) is 8.81. The van der Waals surface area contributed by atoms with Crippen LogP contribution in [0.3, 0.4) is 0 Å². The van der Waals surface area contributed by atoms with Crippen molar-refractivity contribution in [3.05, 3.63) is 11.0 Å². The van der Waals surface area contributed by atoms with Crippen molar-refractivity contribution in [3.63, 3.8) is 0 Å². The standard InChI is InChI=1S/C12H22O6S/c1-5-17-12(18-6-2)9(4)10(8-11(13)14)19(15,16)7-3/h8-9,12H,5-7H2,1-4H3,(H,13,14). The third kappa shape index (κ3) is 5.71. The number of aliphatic carboxylic acids is 1. The van der Waals surface area contributed by atoms with Crippen LogP contribution in [0.4, 0.5) is 0 Å². The second-order valence-corrected chi connectivity index (χ2v) is 6.13. The lowest BCUT2D eigenvalue weighted by molar-refractivity contribution is -0.155. The molecule has 0 aliphatic rings. The number of carboxylic acid groups (broad SMARTS) is 1. The van der Waals surface area contributed by atoms with Gasteiger partial charge in [-0.3, -0.25) is 0 Å². The largest absolute Gasteiger partial charge is 0.478 e. The van der Waals surface area contributed by atoms with Crippen LogP contribution in [0.2, 0.25) is 0 Å². The van der Waals surface area contributed by atoms with Crippen LogP contribution in [-0.2, 0) is 24.1 Å². The molecule has 0 fully saturated rings. The van der Waals surface area contributed by atoms with E-state index in [4.69, 9.17) is 14.6 Å². The summed E-state index contributed by atoms with van der Waals surface area (Å²) in [6.07, 6.45) is -0.0592. The van der Waals surface area contributed by atoms with Crippen molar-refractivity contribution >= 4 is 15.8 Å². The van der Waals surface area contributed by atoms with Gasteiger partial charge in [-0.2, -0.15) is 0 Å². The molecular formula is C12H22O6S.